The van der Waals surface area contributed by atoms with Gasteiger partial charge in [0, 0.05) is 35.8 Å². The van der Waals surface area contributed by atoms with Crippen molar-refractivity contribution in [3.63, 3.8) is 0 Å². The highest BCUT2D eigenvalue weighted by Crippen LogP contribution is 2.18. The van der Waals surface area contributed by atoms with Crippen LogP contribution in [-0.2, 0) is 9.53 Å². The molecular formula is C22H40N2O3S2. The van der Waals surface area contributed by atoms with Crippen LogP contribution < -0.4 is 10.6 Å². The Kier molecular flexibility index (Phi) is 13.8. The van der Waals surface area contributed by atoms with Gasteiger partial charge in [0.2, 0.25) is 5.91 Å². The molecule has 0 aromatic rings. The third kappa shape index (κ3) is 12.7. The van der Waals surface area contributed by atoms with Gasteiger partial charge in [-0.2, -0.15) is 23.5 Å². The third-order valence-electron chi connectivity index (χ3n) is 5.67. The third-order valence-corrected chi connectivity index (χ3v) is 7.95. The molecule has 7 heteroatoms. The van der Waals surface area contributed by atoms with Crippen molar-refractivity contribution in [2.24, 2.45) is 0 Å². The maximum Gasteiger partial charge on any atom is 0.407 e. The number of carbonyl (C=O) groups is 2. The summed E-state index contributed by atoms with van der Waals surface area (Å²) in [5.41, 5.74) is 0. The largest absolute Gasteiger partial charge is 0.449 e. The number of amides is 2. The van der Waals surface area contributed by atoms with E-state index in [1.807, 2.05) is 23.5 Å². The number of thioether (sulfide) groups is 2. The first kappa shape index (κ1) is 24.7. The summed E-state index contributed by atoms with van der Waals surface area (Å²) in [5, 5.41) is 6.19. The van der Waals surface area contributed by atoms with Crippen molar-refractivity contribution in [1.82, 2.24) is 10.6 Å². The second-order valence-corrected chi connectivity index (χ2v) is 10.6. The number of carbonyl (C=O) groups excluding carboxylic acids is 2. The normalized spacial score (nSPS) is 18.8. The van der Waals surface area contributed by atoms with Gasteiger partial charge in [0.25, 0.3) is 0 Å². The molecule has 29 heavy (non-hydrogen) atoms. The van der Waals surface area contributed by atoms with Gasteiger partial charge in [-0.15, -0.1) is 0 Å². The maximum absolute atomic E-state index is 11.9. The first-order valence-corrected chi connectivity index (χ1v) is 13.9. The SMILES string of the molecule is O=C(CCCSCCSCCOC(=O)NC1CCCCCC1)NC1CCCCC1. The van der Waals surface area contributed by atoms with Gasteiger partial charge in [0.15, 0.2) is 0 Å². The Labute approximate surface area is 185 Å². The molecule has 0 spiro atoms. The van der Waals surface area contributed by atoms with Gasteiger partial charge < -0.3 is 15.4 Å². The van der Waals surface area contributed by atoms with E-state index in [1.165, 1.54) is 44.9 Å². The summed E-state index contributed by atoms with van der Waals surface area (Å²) in [7, 11) is 0. The number of hydrogen-bond donors (Lipinski definition) is 2. The molecule has 0 bridgehead atoms. The summed E-state index contributed by atoms with van der Waals surface area (Å²) >= 11 is 3.74. The van der Waals surface area contributed by atoms with E-state index in [4.69, 9.17) is 4.74 Å². The van der Waals surface area contributed by atoms with Crippen LogP contribution in [0.15, 0.2) is 0 Å². The summed E-state index contributed by atoms with van der Waals surface area (Å²) in [6.07, 6.45) is 14.7. The summed E-state index contributed by atoms with van der Waals surface area (Å²) in [6.45, 7) is 0.481. The highest BCUT2D eigenvalue weighted by molar-refractivity contribution is 8.02. The molecule has 0 aromatic heterocycles. The Hall–Kier alpha value is -0.560. The Morgan fingerprint density at radius 1 is 0.724 bits per heavy atom. The van der Waals surface area contributed by atoms with Gasteiger partial charge in [-0.1, -0.05) is 44.9 Å². The second kappa shape index (κ2) is 16.2. The number of alkyl carbamates (subject to hydrolysis) is 1. The molecule has 0 radical (unpaired) electrons. The fourth-order valence-corrected chi connectivity index (χ4v) is 5.93. The van der Waals surface area contributed by atoms with Crippen molar-refractivity contribution < 1.29 is 14.3 Å². The molecule has 5 nitrogen and oxygen atoms in total. The molecule has 0 heterocycles. The first-order valence-electron chi connectivity index (χ1n) is 11.6. The Morgan fingerprint density at radius 3 is 1.93 bits per heavy atom. The monoisotopic (exact) mass is 444 g/mol. The van der Waals surface area contributed by atoms with Gasteiger partial charge in [0.05, 0.1) is 0 Å². The van der Waals surface area contributed by atoms with Gasteiger partial charge >= 0.3 is 6.09 Å². The Bertz CT molecular complexity index is 451. The van der Waals surface area contributed by atoms with Crippen LogP contribution >= 0.6 is 23.5 Å². The summed E-state index contributed by atoms with van der Waals surface area (Å²) in [5.74, 6) is 4.27. The van der Waals surface area contributed by atoms with Crippen LogP contribution in [0.2, 0.25) is 0 Å². The molecule has 168 valence electrons. The van der Waals surface area contributed by atoms with E-state index >= 15 is 0 Å². The topological polar surface area (TPSA) is 67.4 Å². The summed E-state index contributed by atoms with van der Waals surface area (Å²) in [6, 6.07) is 0.732. The molecule has 0 atom stereocenters. The van der Waals surface area contributed by atoms with Crippen LogP contribution in [0.4, 0.5) is 4.79 Å². The van der Waals surface area contributed by atoms with Crippen molar-refractivity contribution in [2.45, 2.75) is 95.6 Å². The smallest absolute Gasteiger partial charge is 0.407 e. The Balaban J connectivity index is 1.33. The molecule has 0 aliphatic heterocycles. The quantitative estimate of drug-likeness (QED) is 0.323. The summed E-state index contributed by atoms with van der Waals surface area (Å²) in [4.78, 5) is 23.8. The van der Waals surface area contributed by atoms with Crippen molar-refractivity contribution in [3.8, 4) is 0 Å². The van der Waals surface area contributed by atoms with E-state index in [1.54, 1.807) is 0 Å². The molecule has 2 aliphatic carbocycles. The van der Waals surface area contributed by atoms with Crippen molar-refractivity contribution in [2.75, 3.05) is 29.6 Å². The molecule has 0 unspecified atom stereocenters. The Morgan fingerprint density at radius 2 is 1.28 bits per heavy atom. The molecule has 2 fully saturated rings. The molecule has 2 aliphatic rings. The van der Waals surface area contributed by atoms with Crippen LogP contribution in [-0.4, -0.2) is 53.7 Å². The lowest BCUT2D eigenvalue weighted by molar-refractivity contribution is -0.122. The van der Waals surface area contributed by atoms with Gasteiger partial charge in [-0.05, 0) is 37.9 Å². The number of nitrogens with one attached hydrogen (secondary N) is 2. The van der Waals surface area contributed by atoms with Crippen molar-refractivity contribution in [1.29, 1.82) is 0 Å². The minimum Gasteiger partial charge on any atom is -0.449 e. The second-order valence-electron chi connectivity index (χ2n) is 8.20. The highest BCUT2D eigenvalue weighted by atomic mass is 32.2. The zero-order valence-electron chi connectivity index (χ0n) is 17.9. The minimum absolute atomic E-state index is 0.228. The van der Waals surface area contributed by atoms with Crippen LogP contribution in [0, 0.1) is 0 Å². The molecule has 2 rings (SSSR count). The highest BCUT2D eigenvalue weighted by Gasteiger charge is 2.16. The lowest BCUT2D eigenvalue weighted by Gasteiger charge is -2.22. The predicted octanol–water partition coefficient (Wildman–Crippen LogP) is 5.13. The predicted molar refractivity (Wildman–Crippen MR) is 125 cm³/mol. The number of ether oxygens (including phenoxy) is 1. The lowest BCUT2D eigenvalue weighted by Crippen LogP contribution is -2.36. The van der Waals surface area contributed by atoms with Gasteiger partial charge in [-0.25, -0.2) is 4.79 Å². The van der Waals surface area contributed by atoms with Crippen LogP contribution in [0.5, 0.6) is 0 Å². The van der Waals surface area contributed by atoms with Gasteiger partial charge in [-0.3, -0.25) is 4.79 Å². The van der Waals surface area contributed by atoms with Crippen molar-refractivity contribution >= 4 is 35.5 Å². The molecule has 2 N–H and O–H groups in total. The average molecular weight is 445 g/mol. The number of rotatable bonds is 12. The minimum atomic E-state index is -0.252. The molecule has 2 amide bonds. The van der Waals surface area contributed by atoms with Crippen molar-refractivity contribution in [3.05, 3.63) is 0 Å². The average Bonchev–Trinajstić information content (AvgIpc) is 2.98. The van der Waals surface area contributed by atoms with E-state index in [2.05, 4.69) is 10.6 Å². The molecular weight excluding hydrogens is 404 g/mol. The van der Waals surface area contributed by atoms with Crippen LogP contribution in [0.3, 0.4) is 0 Å². The fraction of sp³-hybridized carbons (Fsp3) is 0.909. The van der Waals surface area contributed by atoms with Crippen LogP contribution in [0.25, 0.3) is 0 Å². The first-order chi connectivity index (χ1) is 14.2. The van der Waals surface area contributed by atoms with Gasteiger partial charge in [0.1, 0.15) is 6.61 Å². The van der Waals surface area contributed by atoms with E-state index in [0.717, 1.165) is 55.1 Å². The molecule has 2 saturated carbocycles. The maximum atomic E-state index is 11.9. The zero-order chi connectivity index (χ0) is 20.6. The van der Waals surface area contributed by atoms with E-state index in [0.29, 0.717) is 25.1 Å². The van der Waals surface area contributed by atoms with Crippen LogP contribution in [0.1, 0.15) is 83.5 Å². The van der Waals surface area contributed by atoms with E-state index in [-0.39, 0.29) is 12.0 Å². The zero-order valence-corrected chi connectivity index (χ0v) is 19.6. The summed E-state index contributed by atoms with van der Waals surface area (Å²) < 4.78 is 5.30. The van der Waals surface area contributed by atoms with E-state index < -0.39 is 0 Å². The standard InChI is InChI=1S/C22H40N2O3S2/c25-21(23-19-9-6-3-7-10-19)13-8-15-28-17-18-29-16-14-27-22(26)24-20-11-4-1-2-5-12-20/h19-20H,1-18H2,(H,23,25)(H,24,26). The molecule has 0 saturated heterocycles. The number of hydrogen-bond acceptors (Lipinski definition) is 5. The lowest BCUT2D eigenvalue weighted by atomic mass is 9.95. The molecule has 0 aromatic carbocycles. The fourth-order valence-electron chi connectivity index (χ4n) is 4.03. The van der Waals surface area contributed by atoms with E-state index in [9.17, 15) is 9.59 Å².